The van der Waals surface area contributed by atoms with Gasteiger partial charge in [0.05, 0.1) is 19.9 Å². The van der Waals surface area contributed by atoms with Crippen LogP contribution in [0, 0.1) is 0 Å². The summed E-state index contributed by atoms with van der Waals surface area (Å²) < 4.78 is 11.0. The smallest absolute Gasteiger partial charge is 0.226 e. The molecule has 2 aromatic carbocycles. The van der Waals surface area contributed by atoms with E-state index in [2.05, 4.69) is 15.5 Å². The van der Waals surface area contributed by atoms with Gasteiger partial charge in [-0.3, -0.25) is 9.89 Å². The monoisotopic (exact) mass is 349 g/mol. The number of fused-ring (bicyclic) bond motifs is 1. The predicted octanol–water partition coefficient (Wildman–Crippen LogP) is 3.57. The number of amides is 1. The Balaban J connectivity index is 1.91. The van der Waals surface area contributed by atoms with Gasteiger partial charge in [0.15, 0.2) is 17.3 Å². The minimum atomic E-state index is -0.183. The highest BCUT2D eigenvalue weighted by molar-refractivity contribution is 5.96. The van der Waals surface area contributed by atoms with Gasteiger partial charge in [0.2, 0.25) is 5.91 Å². The van der Waals surface area contributed by atoms with Crippen LogP contribution in [0.3, 0.4) is 0 Å². The number of nitrogens with zero attached hydrogens (tertiary/aromatic N) is 1. The van der Waals surface area contributed by atoms with E-state index < -0.39 is 0 Å². The van der Waals surface area contributed by atoms with Gasteiger partial charge in [0, 0.05) is 23.5 Å². The van der Waals surface area contributed by atoms with Crippen molar-refractivity contribution in [3.63, 3.8) is 0 Å². The second kappa shape index (κ2) is 6.55. The van der Waals surface area contributed by atoms with Crippen molar-refractivity contribution < 1.29 is 14.3 Å². The first-order valence-electron chi connectivity index (χ1n) is 8.37. The van der Waals surface area contributed by atoms with Gasteiger partial charge in [0.1, 0.15) is 0 Å². The van der Waals surface area contributed by atoms with Gasteiger partial charge in [-0.1, -0.05) is 42.5 Å². The van der Waals surface area contributed by atoms with Crippen LogP contribution in [0.1, 0.15) is 23.5 Å². The number of aromatic amines is 1. The number of carbonyl (C=O) groups excluding carboxylic acids is 1. The summed E-state index contributed by atoms with van der Waals surface area (Å²) in [6, 6.07) is 15.7. The van der Waals surface area contributed by atoms with Crippen molar-refractivity contribution in [3.05, 3.63) is 59.7 Å². The van der Waals surface area contributed by atoms with Gasteiger partial charge >= 0.3 is 0 Å². The maximum absolute atomic E-state index is 12.3. The lowest BCUT2D eigenvalue weighted by Crippen LogP contribution is -2.23. The van der Waals surface area contributed by atoms with E-state index >= 15 is 0 Å². The van der Waals surface area contributed by atoms with Crippen LogP contribution in [0.5, 0.6) is 11.5 Å². The molecule has 4 rings (SSSR count). The Bertz CT molecular complexity index is 950. The van der Waals surface area contributed by atoms with Gasteiger partial charge in [-0.15, -0.1) is 0 Å². The highest BCUT2D eigenvalue weighted by atomic mass is 16.5. The lowest BCUT2D eigenvalue weighted by Gasteiger charge is -2.25. The van der Waals surface area contributed by atoms with Crippen LogP contribution in [-0.2, 0) is 4.79 Å². The average molecular weight is 349 g/mol. The molecule has 26 heavy (non-hydrogen) atoms. The molecule has 0 bridgehead atoms. The van der Waals surface area contributed by atoms with E-state index in [-0.39, 0.29) is 11.8 Å². The zero-order valence-electron chi connectivity index (χ0n) is 14.6. The Hall–Kier alpha value is -3.28. The fraction of sp³-hybridized carbons (Fsp3) is 0.200. The highest BCUT2D eigenvalue weighted by Gasteiger charge is 2.34. The van der Waals surface area contributed by atoms with Crippen molar-refractivity contribution in [2.24, 2.45) is 0 Å². The third-order valence-electron chi connectivity index (χ3n) is 4.67. The summed E-state index contributed by atoms with van der Waals surface area (Å²) in [7, 11) is 3.21. The Morgan fingerprint density at radius 1 is 1.04 bits per heavy atom. The van der Waals surface area contributed by atoms with Crippen LogP contribution in [0.25, 0.3) is 11.3 Å². The van der Waals surface area contributed by atoms with Crippen molar-refractivity contribution >= 4 is 11.7 Å². The zero-order valence-corrected chi connectivity index (χ0v) is 14.6. The maximum atomic E-state index is 12.3. The molecule has 0 unspecified atom stereocenters. The number of H-pyrrole nitrogens is 1. The molecule has 6 heteroatoms. The molecule has 2 N–H and O–H groups in total. The maximum Gasteiger partial charge on any atom is 0.226 e. The van der Waals surface area contributed by atoms with Gasteiger partial charge < -0.3 is 14.8 Å². The number of benzene rings is 2. The first-order chi connectivity index (χ1) is 12.7. The molecule has 1 aliphatic rings. The topological polar surface area (TPSA) is 76.2 Å². The van der Waals surface area contributed by atoms with Crippen molar-refractivity contribution in [1.29, 1.82) is 0 Å². The molecule has 1 aliphatic heterocycles. The Morgan fingerprint density at radius 3 is 2.58 bits per heavy atom. The van der Waals surface area contributed by atoms with Gasteiger partial charge in [0.25, 0.3) is 0 Å². The van der Waals surface area contributed by atoms with Gasteiger partial charge in [-0.05, 0) is 11.6 Å². The number of para-hydroxylation sites is 1. The molecule has 0 saturated heterocycles. The second-order valence-corrected chi connectivity index (χ2v) is 6.11. The summed E-state index contributed by atoms with van der Waals surface area (Å²) >= 11 is 0. The number of ether oxygens (including phenoxy) is 2. The third kappa shape index (κ3) is 2.60. The summed E-state index contributed by atoms with van der Waals surface area (Å²) in [4.78, 5) is 12.3. The summed E-state index contributed by atoms with van der Waals surface area (Å²) in [5.74, 6) is 1.59. The number of hydrogen-bond acceptors (Lipinski definition) is 4. The molecule has 0 radical (unpaired) electrons. The largest absolute Gasteiger partial charge is 0.493 e. The van der Waals surface area contributed by atoms with Crippen LogP contribution in [0.4, 0.5) is 5.82 Å². The van der Waals surface area contributed by atoms with E-state index in [9.17, 15) is 4.79 Å². The number of hydrogen-bond donors (Lipinski definition) is 2. The first-order valence-corrected chi connectivity index (χ1v) is 8.37. The van der Waals surface area contributed by atoms with Crippen molar-refractivity contribution in [1.82, 2.24) is 10.2 Å². The lowest BCUT2D eigenvalue weighted by molar-refractivity contribution is -0.116. The standard InChI is InChI=1S/C20H19N3O3/c1-25-15-10-6-9-13(19(15)26-2)14-11-16(24)21-20-17(14)18(22-23-20)12-7-4-3-5-8-12/h3-10,14H,11H2,1-2H3,(H2,21,22,23,24)/t14-/m1/s1. The third-order valence-corrected chi connectivity index (χ3v) is 4.67. The Morgan fingerprint density at radius 2 is 1.85 bits per heavy atom. The molecule has 132 valence electrons. The van der Waals surface area contributed by atoms with E-state index in [1.165, 1.54) is 0 Å². The second-order valence-electron chi connectivity index (χ2n) is 6.11. The number of carbonyl (C=O) groups is 1. The van der Waals surface area contributed by atoms with Crippen LogP contribution in [-0.4, -0.2) is 30.3 Å². The summed E-state index contributed by atoms with van der Waals surface area (Å²) in [6.07, 6.45) is 0.315. The predicted molar refractivity (Wildman–Crippen MR) is 98.7 cm³/mol. The molecule has 1 aromatic heterocycles. The number of nitrogens with one attached hydrogen (secondary N) is 2. The average Bonchev–Trinajstić information content (AvgIpc) is 3.11. The van der Waals surface area contributed by atoms with E-state index in [4.69, 9.17) is 9.47 Å². The fourth-order valence-electron chi connectivity index (χ4n) is 3.53. The lowest BCUT2D eigenvalue weighted by atomic mass is 9.84. The van der Waals surface area contributed by atoms with Crippen LogP contribution in [0.2, 0.25) is 0 Å². The quantitative estimate of drug-likeness (QED) is 0.755. The number of methoxy groups -OCH3 is 2. The van der Waals surface area contributed by atoms with E-state index in [1.54, 1.807) is 14.2 Å². The van der Waals surface area contributed by atoms with Crippen LogP contribution >= 0.6 is 0 Å². The minimum absolute atomic E-state index is 0.0708. The number of rotatable bonds is 4. The molecule has 1 amide bonds. The van der Waals surface area contributed by atoms with Crippen LogP contribution < -0.4 is 14.8 Å². The summed E-state index contributed by atoms with van der Waals surface area (Å²) in [5, 5.41) is 10.3. The minimum Gasteiger partial charge on any atom is -0.493 e. The molecule has 3 aromatic rings. The molecule has 0 aliphatic carbocycles. The van der Waals surface area contributed by atoms with Crippen molar-refractivity contribution in [2.45, 2.75) is 12.3 Å². The SMILES string of the molecule is COc1cccc([C@H]2CC(=O)Nc3n[nH]c(-c4ccccc4)c32)c1OC. The Kier molecular flexibility index (Phi) is 4.08. The van der Waals surface area contributed by atoms with Gasteiger partial charge in [-0.25, -0.2) is 0 Å². The highest BCUT2D eigenvalue weighted by Crippen LogP contribution is 2.46. The van der Waals surface area contributed by atoms with E-state index in [0.29, 0.717) is 23.7 Å². The summed E-state index contributed by atoms with van der Waals surface area (Å²) in [6.45, 7) is 0. The molecule has 0 saturated carbocycles. The molecular weight excluding hydrogens is 330 g/mol. The normalized spacial score (nSPS) is 15.9. The molecule has 1 atom stereocenters. The van der Waals surface area contributed by atoms with E-state index in [1.807, 2.05) is 48.5 Å². The summed E-state index contributed by atoms with van der Waals surface area (Å²) in [5.41, 5.74) is 3.78. The van der Waals surface area contributed by atoms with Crippen LogP contribution in [0.15, 0.2) is 48.5 Å². The van der Waals surface area contributed by atoms with Gasteiger partial charge in [-0.2, -0.15) is 5.10 Å². The first kappa shape index (κ1) is 16.2. The molecular formula is C20H19N3O3. The van der Waals surface area contributed by atoms with Crippen molar-refractivity contribution in [2.75, 3.05) is 19.5 Å². The Labute approximate surface area is 151 Å². The molecule has 2 heterocycles. The molecule has 0 fully saturated rings. The molecule has 6 nitrogen and oxygen atoms in total. The van der Waals surface area contributed by atoms with E-state index in [0.717, 1.165) is 22.4 Å². The molecule has 0 spiro atoms. The fourth-order valence-corrected chi connectivity index (χ4v) is 3.53. The van der Waals surface area contributed by atoms with Crippen molar-refractivity contribution in [3.8, 4) is 22.8 Å². The number of anilines is 1. The number of aromatic nitrogens is 2. The zero-order chi connectivity index (χ0) is 18.1.